The van der Waals surface area contributed by atoms with Gasteiger partial charge in [0.05, 0.1) is 0 Å². The Bertz CT molecular complexity index is 477. The maximum absolute atomic E-state index is 12.3. The number of aliphatic imine (C=N–C) groups is 1. The van der Waals surface area contributed by atoms with E-state index < -0.39 is 5.60 Å². The maximum Gasteiger partial charge on any atom is 0.410 e. The zero-order valence-electron chi connectivity index (χ0n) is 19.0. The minimum Gasteiger partial charge on any atom is -0.444 e. The monoisotopic (exact) mass is 526 g/mol. The van der Waals surface area contributed by atoms with Crippen molar-refractivity contribution < 1.29 is 14.6 Å². The molecule has 1 fully saturated rings. The zero-order chi connectivity index (χ0) is 21.0. The summed E-state index contributed by atoms with van der Waals surface area (Å²) in [5.41, 5.74) is -0.462. The number of carbonyl (C=O) groups is 1. The van der Waals surface area contributed by atoms with E-state index in [-0.39, 0.29) is 36.7 Å². The molecule has 0 spiro atoms. The number of likely N-dealkylation sites (tertiary alicyclic amines) is 1. The van der Waals surface area contributed by atoms with Crippen molar-refractivity contribution in [2.24, 2.45) is 16.8 Å². The number of hydrogen-bond donors (Lipinski definition) is 3. The molecule has 1 heterocycles. The number of aliphatic hydroxyl groups excluding tert-OH is 1. The molecule has 0 aliphatic carbocycles. The summed E-state index contributed by atoms with van der Waals surface area (Å²) >= 11 is 0. The van der Waals surface area contributed by atoms with Gasteiger partial charge in [-0.15, -0.1) is 24.0 Å². The van der Waals surface area contributed by atoms with E-state index in [2.05, 4.69) is 24.5 Å². The van der Waals surface area contributed by atoms with Gasteiger partial charge in [0.15, 0.2) is 5.96 Å². The van der Waals surface area contributed by atoms with Gasteiger partial charge in [-0.05, 0) is 65.2 Å². The smallest absolute Gasteiger partial charge is 0.410 e. The van der Waals surface area contributed by atoms with E-state index in [1.807, 2.05) is 25.7 Å². The van der Waals surface area contributed by atoms with Crippen molar-refractivity contribution in [3.8, 4) is 0 Å². The number of amides is 1. The van der Waals surface area contributed by atoms with Crippen LogP contribution in [-0.2, 0) is 4.74 Å². The summed E-state index contributed by atoms with van der Waals surface area (Å²) in [6, 6.07) is 0. The van der Waals surface area contributed by atoms with Crippen LogP contribution in [0, 0.1) is 11.8 Å². The summed E-state index contributed by atoms with van der Waals surface area (Å²) in [4.78, 5) is 18.9. The number of ether oxygens (including phenoxy) is 1. The fourth-order valence-corrected chi connectivity index (χ4v) is 3.44. The van der Waals surface area contributed by atoms with Crippen LogP contribution in [0.1, 0.15) is 66.7 Å². The second-order valence-corrected chi connectivity index (χ2v) is 8.70. The molecule has 0 aromatic rings. The summed E-state index contributed by atoms with van der Waals surface area (Å²) in [5.74, 6) is 1.62. The third kappa shape index (κ3) is 12.5. The largest absolute Gasteiger partial charge is 0.444 e. The molecular weight excluding hydrogens is 483 g/mol. The van der Waals surface area contributed by atoms with Gasteiger partial charge in [0.1, 0.15) is 5.60 Å². The first-order chi connectivity index (χ1) is 13.3. The van der Waals surface area contributed by atoms with E-state index in [4.69, 9.17) is 9.73 Å². The van der Waals surface area contributed by atoms with E-state index in [1.165, 1.54) is 0 Å². The molecule has 3 N–H and O–H groups in total. The second kappa shape index (κ2) is 15.1. The zero-order valence-corrected chi connectivity index (χ0v) is 21.3. The standard InChI is InChI=1S/C21H42N4O3.HI/c1-6-9-17(11-13-26)14-23-19(22-7-2)24-15-18-10-8-12-25(16-18)20(27)28-21(3,4)5;/h17-18,26H,6-16H2,1-5H3,(H2,22,23,24);1H. The van der Waals surface area contributed by atoms with Gasteiger partial charge in [-0.2, -0.15) is 0 Å². The van der Waals surface area contributed by atoms with Crippen molar-refractivity contribution in [3.05, 3.63) is 0 Å². The molecule has 8 heteroatoms. The van der Waals surface area contributed by atoms with Crippen molar-refractivity contribution in [3.63, 3.8) is 0 Å². The number of rotatable bonds is 9. The molecule has 0 radical (unpaired) electrons. The summed E-state index contributed by atoms with van der Waals surface area (Å²) < 4.78 is 5.51. The van der Waals surface area contributed by atoms with Crippen molar-refractivity contribution in [1.29, 1.82) is 0 Å². The van der Waals surface area contributed by atoms with Crippen LogP contribution in [0.4, 0.5) is 4.79 Å². The maximum atomic E-state index is 12.3. The van der Waals surface area contributed by atoms with E-state index in [1.54, 1.807) is 0 Å². The van der Waals surface area contributed by atoms with Crippen molar-refractivity contribution in [1.82, 2.24) is 15.5 Å². The van der Waals surface area contributed by atoms with E-state index in [0.717, 1.165) is 64.2 Å². The molecule has 0 aromatic carbocycles. The number of halogens is 1. The number of carbonyl (C=O) groups excluding carboxylic acids is 1. The normalized spacial score (nSPS) is 18.6. The van der Waals surface area contributed by atoms with Crippen LogP contribution in [0.2, 0.25) is 0 Å². The molecular formula is C21H43IN4O3. The topological polar surface area (TPSA) is 86.2 Å². The SMILES string of the molecule is CCCC(CCO)CN=C(NCC)NCC1CCCN(C(=O)OC(C)(C)C)C1.I. The molecule has 2 atom stereocenters. The van der Waals surface area contributed by atoms with Crippen LogP contribution >= 0.6 is 24.0 Å². The first kappa shape index (κ1) is 28.2. The quantitative estimate of drug-likeness (QED) is 0.243. The van der Waals surface area contributed by atoms with Gasteiger partial charge in [0.2, 0.25) is 0 Å². The molecule has 7 nitrogen and oxygen atoms in total. The van der Waals surface area contributed by atoms with E-state index >= 15 is 0 Å². The molecule has 172 valence electrons. The Hall–Kier alpha value is -0.770. The summed E-state index contributed by atoms with van der Waals surface area (Å²) in [7, 11) is 0. The third-order valence-corrected chi connectivity index (χ3v) is 4.81. The van der Waals surface area contributed by atoms with Gasteiger partial charge in [0, 0.05) is 39.3 Å². The van der Waals surface area contributed by atoms with Gasteiger partial charge in [-0.1, -0.05) is 13.3 Å². The lowest BCUT2D eigenvalue weighted by atomic mass is 9.98. The summed E-state index contributed by atoms with van der Waals surface area (Å²) in [6.07, 6.45) is 4.85. The average Bonchev–Trinajstić information content (AvgIpc) is 2.63. The number of hydrogen-bond acceptors (Lipinski definition) is 4. The Morgan fingerprint density at radius 2 is 2.00 bits per heavy atom. The molecule has 29 heavy (non-hydrogen) atoms. The van der Waals surface area contributed by atoms with Gasteiger partial charge < -0.3 is 25.4 Å². The minimum absolute atomic E-state index is 0. The first-order valence-electron chi connectivity index (χ1n) is 10.9. The minimum atomic E-state index is -0.462. The number of guanidine groups is 1. The van der Waals surface area contributed by atoms with Crippen LogP contribution in [0.25, 0.3) is 0 Å². The number of aliphatic hydroxyl groups is 1. The highest BCUT2D eigenvalue weighted by Gasteiger charge is 2.27. The molecule has 1 rings (SSSR count). The van der Waals surface area contributed by atoms with Crippen molar-refractivity contribution in [2.75, 3.05) is 39.3 Å². The third-order valence-electron chi connectivity index (χ3n) is 4.81. The van der Waals surface area contributed by atoms with Crippen LogP contribution in [-0.4, -0.2) is 67.0 Å². The highest BCUT2D eigenvalue weighted by molar-refractivity contribution is 14.0. The number of nitrogens with one attached hydrogen (secondary N) is 2. The fourth-order valence-electron chi connectivity index (χ4n) is 3.44. The Morgan fingerprint density at radius 1 is 1.28 bits per heavy atom. The van der Waals surface area contributed by atoms with Crippen molar-refractivity contribution in [2.45, 2.75) is 72.3 Å². The number of piperidine rings is 1. The molecule has 0 saturated carbocycles. The van der Waals surface area contributed by atoms with Crippen molar-refractivity contribution >= 4 is 36.0 Å². The Labute approximate surface area is 194 Å². The average molecular weight is 527 g/mol. The molecule has 1 amide bonds. The molecule has 0 bridgehead atoms. The second-order valence-electron chi connectivity index (χ2n) is 8.70. The predicted molar refractivity (Wildman–Crippen MR) is 130 cm³/mol. The van der Waals surface area contributed by atoms with Crippen LogP contribution in [0.15, 0.2) is 4.99 Å². The Kier molecular flexibility index (Phi) is 14.7. The molecule has 1 saturated heterocycles. The molecule has 0 aromatic heterocycles. The Morgan fingerprint density at radius 3 is 2.59 bits per heavy atom. The van der Waals surface area contributed by atoms with Gasteiger partial charge in [-0.3, -0.25) is 4.99 Å². The van der Waals surface area contributed by atoms with E-state index in [9.17, 15) is 9.90 Å². The van der Waals surface area contributed by atoms with Gasteiger partial charge >= 0.3 is 6.09 Å². The lowest BCUT2D eigenvalue weighted by Crippen LogP contribution is -2.47. The predicted octanol–water partition coefficient (Wildman–Crippen LogP) is 3.61. The summed E-state index contributed by atoms with van der Waals surface area (Å²) in [6.45, 7) is 13.9. The van der Waals surface area contributed by atoms with Crippen LogP contribution < -0.4 is 10.6 Å². The van der Waals surface area contributed by atoms with Gasteiger partial charge in [0.25, 0.3) is 0 Å². The first-order valence-corrected chi connectivity index (χ1v) is 10.9. The van der Waals surface area contributed by atoms with Gasteiger partial charge in [-0.25, -0.2) is 4.79 Å². The Balaban J connectivity index is 0.00000784. The molecule has 1 aliphatic heterocycles. The molecule has 2 unspecified atom stereocenters. The lowest BCUT2D eigenvalue weighted by molar-refractivity contribution is 0.0168. The van der Waals surface area contributed by atoms with Crippen LogP contribution in [0.5, 0.6) is 0 Å². The lowest BCUT2D eigenvalue weighted by Gasteiger charge is -2.34. The summed E-state index contributed by atoms with van der Waals surface area (Å²) in [5, 5.41) is 16.0. The van der Waals surface area contributed by atoms with Crippen LogP contribution in [0.3, 0.4) is 0 Å². The van der Waals surface area contributed by atoms with E-state index in [0.29, 0.717) is 18.4 Å². The number of nitrogens with zero attached hydrogens (tertiary/aromatic N) is 2. The highest BCUT2D eigenvalue weighted by Crippen LogP contribution is 2.19. The highest BCUT2D eigenvalue weighted by atomic mass is 127. The fraction of sp³-hybridized carbons (Fsp3) is 0.905. The molecule has 1 aliphatic rings.